The van der Waals surface area contributed by atoms with Crippen LogP contribution in [0.15, 0.2) is 36.4 Å². The molecule has 1 heterocycles. The molecule has 2 rings (SSSR count). The Bertz CT molecular complexity index is 340. The van der Waals surface area contributed by atoms with Gasteiger partial charge in [0.15, 0.2) is 0 Å². The van der Waals surface area contributed by atoms with E-state index in [9.17, 15) is 0 Å². The van der Waals surface area contributed by atoms with Gasteiger partial charge >= 0.3 is 0 Å². The average Bonchev–Trinajstić information content (AvgIpc) is 2.66. The van der Waals surface area contributed by atoms with Gasteiger partial charge in [0.1, 0.15) is 0 Å². The summed E-state index contributed by atoms with van der Waals surface area (Å²) in [5.41, 5.74) is 2.68. The number of ether oxygens (including phenoxy) is 1. The third-order valence-electron chi connectivity index (χ3n) is 3.12. The van der Waals surface area contributed by atoms with Gasteiger partial charge in [0.25, 0.3) is 0 Å². The minimum Gasteiger partial charge on any atom is -0.381 e. The quantitative estimate of drug-likeness (QED) is 0.714. The third kappa shape index (κ3) is 2.48. The summed E-state index contributed by atoms with van der Waals surface area (Å²) in [7, 11) is 0. The first-order chi connectivity index (χ1) is 7.27. The molecule has 0 N–H and O–H groups in total. The summed E-state index contributed by atoms with van der Waals surface area (Å²) in [4.78, 5) is 0. The van der Waals surface area contributed by atoms with Crippen LogP contribution in [0.4, 0.5) is 0 Å². The summed E-state index contributed by atoms with van der Waals surface area (Å²) in [6.45, 7) is 6.22. The number of hydrogen-bond acceptors (Lipinski definition) is 1. The fourth-order valence-corrected chi connectivity index (χ4v) is 2.01. The molecule has 1 saturated heterocycles. The molecule has 0 aliphatic carbocycles. The molecule has 0 bridgehead atoms. The van der Waals surface area contributed by atoms with E-state index in [-0.39, 0.29) is 0 Å². The van der Waals surface area contributed by atoms with Gasteiger partial charge in [0.05, 0.1) is 6.61 Å². The van der Waals surface area contributed by atoms with Crippen molar-refractivity contribution in [2.75, 3.05) is 13.2 Å². The van der Waals surface area contributed by atoms with Crippen molar-refractivity contribution in [1.82, 2.24) is 0 Å². The first kappa shape index (κ1) is 10.4. The van der Waals surface area contributed by atoms with Gasteiger partial charge in [0.2, 0.25) is 0 Å². The maximum absolute atomic E-state index is 5.46. The summed E-state index contributed by atoms with van der Waals surface area (Å²) in [5.74, 6) is 1.24. The predicted octanol–water partition coefficient (Wildman–Crippen LogP) is 3.37. The zero-order chi connectivity index (χ0) is 10.7. The number of hydrogen-bond donors (Lipinski definition) is 0. The first-order valence-electron chi connectivity index (χ1n) is 5.59. The SMILES string of the molecule is C/C(=C\[C@H]1COC[C@H]1C)c1ccccc1. The van der Waals surface area contributed by atoms with Gasteiger partial charge in [0, 0.05) is 12.5 Å². The van der Waals surface area contributed by atoms with Crippen LogP contribution in [0.5, 0.6) is 0 Å². The van der Waals surface area contributed by atoms with Crippen LogP contribution in [-0.4, -0.2) is 13.2 Å². The average molecular weight is 202 g/mol. The lowest BCUT2D eigenvalue weighted by Crippen LogP contribution is -2.05. The summed E-state index contributed by atoms with van der Waals surface area (Å²) in [5, 5.41) is 0. The Morgan fingerprint density at radius 3 is 2.60 bits per heavy atom. The predicted molar refractivity (Wildman–Crippen MR) is 63.6 cm³/mol. The lowest BCUT2D eigenvalue weighted by Gasteiger charge is -2.09. The van der Waals surface area contributed by atoms with Gasteiger partial charge in [-0.3, -0.25) is 0 Å². The van der Waals surface area contributed by atoms with Crippen LogP contribution in [-0.2, 0) is 4.74 Å². The number of benzene rings is 1. The van der Waals surface area contributed by atoms with Crippen LogP contribution in [0.25, 0.3) is 5.57 Å². The molecule has 1 nitrogen and oxygen atoms in total. The van der Waals surface area contributed by atoms with E-state index in [1.807, 2.05) is 0 Å². The Hall–Kier alpha value is -1.08. The number of rotatable bonds is 2. The Kier molecular flexibility index (Phi) is 3.22. The van der Waals surface area contributed by atoms with E-state index in [2.05, 4.69) is 50.3 Å². The van der Waals surface area contributed by atoms with E-state index in [1.54, 1.807) is 0 Å². The molecule has 1 heteroatoms. The van der Waals surface area contributed by atoms with Crippen molar-refractivity contribution in [3.63, 3.8) is 0 Å². The Morgan fingerprint density at radius 2 is 2.00 bits per heavy atom. The van der Waals surface area contributed by atoms with Crippen LogP contribution >= 0.6 is 0 Å². The molecule has 1 fully saturated rings. The van der Waals surface area contributed by atoms with Gasteiger partial charge in [-0.15, -0.1) is 0 Å². The van der Waals surface area contributed by atoms with Crippen molar-refractivity contribution in [1.29, 1.82) is 0 Å². The lowest BCUT2D eigenvalue weighted by atomic mass is 9.94. The molecule has 1 aliphatic rings. The van der Waals surface area contributed by atoms with Gasteiger partial charge in [-0.2, -0.15) is 0 Å². The van der Waals surface area contributed by atoms with Gasteiger partial charge in [-0.1, -0.05) is 43.3 Å². The smallest absolute Gasteiger partial charge is 0.0532 e. The molecular formula is C14H18O. The fourth-order valence-electron chi connectivity index (χ4n) is 2.01. The van der Waals surface area contributed by atoms with E-state index in [0.29, 0.717) is 11.8 Å². The molecule has 0 saturated carbocycles. The van der Waals surface area contributed by atoms with Crippen LogP contribution in [0.2, 0.25) is 0 Å². The highest BCUT2D eigenvalue weighted by Crippen LogP contribution is 2.25. The molecule has 0 aromatic heterocycles. The molecule has 2 atom stereocenters. The second-order valence-electron chi connectivity index (χ2n) is 4.39. The summed E-state index contributed by atoms with van der Waals surface area (Å²) in [6, 6.07) is 10.5. The Labute approximate surface area is 91.8 Å². The Balaban J connectivity index is 2.13. The number of allylic oxidation sites excluding steroid dienone is 1. The fraction of sp³-hybridized carbons (Fsp3) is 0.429. The topological polar surface area (TPSA) is 9.23 Å². The van der Waals surface area contributed by atoms with Crippen molar-refractivity contribution < 1.29 is 4.74 Å². The maximum Gasteiger partial charge on any atom is 0.0532 e. The molecule has 1 aromatic carbocycles. The molecule has 0 unspecified atom stereocenters. The van der Waals surface area contributed by atoms with Crippen molar-refractivity contribution in [2.24, 2.45) is 11.8 Å². The summed E-state index contributed by atoms with van der Waals surface area (Å²) in [6.07, 6.45) is 2.35. The molecule has 1 aliphatic heterocycles. The highest BCUT2D eigenvalue weighted by atomic mass is 16.5. The first-order valence-corrected chi connectivity index (χ1v) is 5.59. The minimum absolute atomic E-state index is 0.588. The molecule has 0 spiro atoms. The van der Waals surface area contributed by atoms with Crippen LogP contribution in [0, 0.1) is 11.8 Å². The van der Waals surface area contributed by atoms with Gasteiger partial charge < -0.3 is 4.74 Å². The largest absolute Gasteiger partial charge is 0.381 e. The minimum atomic E-state index is 0.588. The molecule has 80 valence electrons. The van der Waals surface area contributed by atoms with Crippen molar-refractivity contribution in [3.8, 4) is 0 Å². The second-order valence-corrected chi connectivity index (χ2v) is 4.39. The van der Waals surface area contributed by atoms with E-state index in [4.69, 9.17) is 4.74 Å². The Morgan fingerprint density at radius 1 is 1.27 bits per heavy atom. The van der Waals surface area contributed by atoms with E-state index >= 15 is 0 Å². The zero-order valence-electron chi connectivity index (χ0n) is 9.44. The van der Waals surface area contributed by atoms with E-state index in [1.165, 1.54) is 11.1 Å². The molecule has 1 aromatic rings. The zero-order valence-corrected chi connectivity index (χ0v) is 9.44. The van der Waals surface area contributed by atoms with Crippen molar-refractivity contribution in [2.45, 2.75) is 13.8 Å². The lowest BCUT2D eigenvalue weighted by molar-refractivity contribution is 0.185. The standard InChI is InChI=1S/C14H18O/c1-11(13-6-4-3-5-7-13)8-14-10-15-9-12(14)2/h3-8,12,14H,9-10H2,1-2H3/b11-8+/t12-,14+/m1/s1. The van der Waals surface area contributed by atoms with Gasteiger partial charge in [-0.25, -0.2) is 0 Å². The van der Waals surface area contributed by atoms with Crippen LogP contribution in [0.1, 0.15) is 19.4 Å². The van der Waals surface area contributed by atoms with Crippen molar-refractivity contribution in [3.05, 3.63) is 42.0 Å². The monoisotopic (exact) mass is 202 g/mol. The molecule has 0 amide bonds. The van der Waals surface area contributed by atoms with E-state index in [0.717, 1.165) is 13.2 Å². The maximum atomic E-state index is 5.46. The highest BCUT2D eigenvalue weighted by Gasteiger charge is 2.22. The van der Waals surface area contributed by atoms with Crippen molar-refractivity contribution >= 4 is 5.57 Å². The third-order valence-corrected chi connectivity index (χ3v) is 3.12. The summed E-state index contributed by atoms with van der Waals surface area (Å²) < 4.78 is 5.46. The second kappa shape index (κ2) is 4.63. The normalized spacial score (nSPS) is 26.9. The van der Waals surface area contributed by atoms with Crippen LogP contribution < -0.4 is 0 Å². The molecular weight excluding hydrogens is 184 g/mol. The molecule has 0 radical (unpaired) electrons. The highest BCUT2D eigenvalue weighted by molar-refractivity contribution is 5.63. The van der Waals surface area contributed by atoms with E-state index < -0.39 is 0 Å². The molecule has 15 heavy (non-hydrogen) atoms. The van der Waals surface area contributed by atoms with Gasteiger partial charge in [-0.05, 0) is 24.0 Å². The summed E-state index contributed by atoms with van der Waals surface area (Å²) >= 11 is 0. The van der Waals surface area contributed by atoms with Crippen LogP contribution in [0.3, 0.4) is 0 Å².